The molecule has 0 heterocycles. The van der Waals surface area contributed by atoms with Crippen LogP contribution in [0.2, 0.25) is 10.0 Å². The molecule has 6 heteroatoms. The summed E-state index contributed by atoms with van der Waals surface area (Å²) in [6.45, 7) is -0.108. The van der Waals surface area contributed by atoms with Crippen LogP contribution >= 0.6 is 23.2 Å². The van der Waals surface area contributed by atoms with Crippen molar-refractivity contribution in [3.63, 3.8) is 0 Å². The van der Waals surface area contributed by atoms with Gasteiger partial charge >= 0.3 is 6.09 Å². The molecule has 1 amide bonds. The maximum atomic E-state index is 11.2. The molecule has 0 atom stereocenters. The fourth-order valence-electron chi connectivity index (χ4n) is 1.09. The Morgan fingerprint density at radius 3 is 2.53 bits per heavy atom. The van der Waals surface area contributed by atoms with E-state index in [0.29, 0.717) is 11.4 Å². The fraction of sp³-hybridized carbons (Fsp3) is 0.182. The Morgan fingerprint density at radius 1 is 1.47 bits per heavy atom. The van der Waals surface area contributed by atoms with Gasteiger partial charge in [-0.3, -0.25) is 5.32 Å². The molecular formula is C11H9Cl2NO3. The fourth-order valence-corrected chi connectivity index (χ4v) is 1.73. The summed E-state index contributed by atoms with van der Waals surface area (Å²) in [6.07, 6.45) is 4.26. The first-order valence-corrected chi connectivity index (χ1v) is 5.24. The summed E-state index contributed by atoms with van der Waals surface area (Å²) in [5.41, 5.74) is 0.392. The number of halogens is 2. The monoisotopic (exact) mass is 273 g/mol. The van der Waals surface area contributed by atoms with Gasteiger partial charge in [-0.1, -0.05) is 29.1 Å². The van der Waals surface area contributed by atoms with E-state index in [1.807, 2.05) is 0 Å². The van der Waals surface area contributed by atoms with Gasteiger partial charge in [0.1, 0.15) is 0 Å². The molecule has 0 unspecified atom stereocenters. The summed E-state index contributed by atoms with van der Waals surface area (Å²) >= 11 is 11.8. The third-order valence-electron chi connectivity index (χ3n) is 1.74. The predicted molar refractivity (Wildman–Crippen MR) is 66.8 cm³/mol. The Labute approximate surface area is 109 Å². The molecule has 1 N–H and O–H groups in total. The Bertz CT molecular complexity index is 445. The van der Waals surface area contributed by atoms with Gasteiger partial charge in [0.2, 0.25) is 0 Å². The van der Waals surface area contributed by atoms with Crippen molar-refractivity contribution in [2.45, 2.75) is 0 Å². The number of ether oxygens (including phenoxy) is 2. The van der Waals surface area contributed by atoms with Crippen molar-refractivity contribution in [2.24, 2.45) is 0 Å². The summed E-state index contributed by atoms with van der Waals surface area (Å²) in [5, 5.41) is 3.00. The summed E-state index contributed by atoms with van der Waals surface area (Å²) in [6, 6.07) is 2.98. The summed E-state index contributed by atoms with van der Waals surface area (Å²) in [5.74, 6) is 2.51. The second-order valence-corrected chi connectivity index (χ2v) is 3.69. The number of nitrogens with one attached hydrogen (secondary N) is 1. The van der Waals surface area contributed by atoms with Crippen molar-refractivity contribution in [3.8, 4) is 18.1 Å². The molecule has 0 saturated heterocycles. The number of benzene rings is 1. The molecule has 0 aliphatic heterocycles. The Kier molecular flexibility index (Phi) is 4.95. The van der Waals surface area contributed by atoms with E-state index < -0.39 is 6.09 Å². The average molecular weight is 274 g/mol. The highest BCUT2D eigenvalue weighted by Gasteiger charge is 2.10. The van der Waals surface area contributed by atoms with Gasteiger partial charge in [-0.25, -0.2) is 4.79 Å². The zero-order valence-electron chi connectivity index (χ0n) is 8.92. The van der Waals surface area contributed by atoms with Gasteiger partial charge in [-0.2, -0.15) is 0 Å². The number of amides is 1. The highest BCUT2D eigenvalue weighted by atomic mass is 35.5. The second kappa shape index (κ2) is 6.24. The van der Waals surface area contributed by atoms with Gasteiger partial charge in [0, 0.05) is 5.69 Å². The molecule has 0 bridgehead atoms. The van der Waals surface area contributed by atoms with Crippen molar-refractivity contribution in [1.82, 2.24) is 0 Å². The van der Waals surface area contributed by atoms with Gasteiger partial charge in [0.25, 0.3) is 0 Å². The first-order chi connectivity index (χ1) is 8.08. The van der Waals surface area contributed by atoms with Gasteiger partial charge < -0.3 is 9.47 Å². The zero-order valence-corrected chi connectivity index (χ0v) is 10.4. The summed E-state index contributed by atoms with van der Waals surface area (Å²) in [4.78, 5) is 11.2. The minimum Gasteiger partial charge on any atom is -0.494 e. The zero-order chi connectivity index (χ0) is 12.8. The molecule has 0 aliphatic rings. The second-order valence-electron chi connectivity index (χ2n) is 2.88. The number of hydrogen-bond acceptors (Lipinski definition) is 3. The Hall–Kier alpha value is -1.57. The molecule has 0 aliphatic carbocycles. The molecule has 4 nitrogen and oxygen atoms in total. The number of rotatable bonds is 3. The van der Waals surface area contributed by atoms with Gasteiger partial charge in [0.05, 0.1) is 17.2 Å². The molecule has 0 saturated carbocycles. The SMILES string of the molecule is C#CCOC(=O)Nc1cc(Cl)c(OC)c(Cl)c1. The third kappa shape index (κ3) is 3.74. The van der Waals surface area contributed by atoms with E-state index in [1.165, 1.54) is 19.2 Å². The lowest BCUT2D eigenvalue weighted by Gasteiger charge is -2.09. The predicted octanol–water partition coefficient (Wildman–Crippen LogP) is 3.18. The topological polar surface area (TPSA) is 47.6 Å². The van der Waals surface area contributed by atoms with E-state index >= 15 is 0 Å². The maximum Gasteiger partial charge on any atom is 0.412 e. The lowest BCUT2D eigenvalue weighted by Crippen LogP contribution is -2.13. The minimum atomic E-state index is -0.680. The molecule has 90 valence electrons. The molecule has 0 fully saturated rings. The number of hydrogen-bond donors (Lipinski definition) is 1. The Balaban J connectivity index is 2.80. The average Bonchev–Trinajstić information content (AvgIpc) is 2.26. The van der Waals surface area contributed by atoms with Crippen molar-refractivity contribution in [3.05, 3.63) is 22.2 Å². The summed E-state index contributed by atoms with van der Waals surface area (Å²) in [7, 11) is 1.45. The van der Waals surface area contributed by atoms with Crippen LogP contribution in [0.3, 0.4) is 0 Å². The van der Waals surface area contributed by atoms with Crippen LogP contribution in [-0.2, 0) is 4.74 Å². The first-order valence-electron chi connectivity index (χ1n) is 4.48. The Morgan fingerprint density at radius 2 is 2.06 bits per heavy atom. The van der Waals surface area contributed by atoms with Crippen LogP contribution in [0.15, 0.2) is 12.1 Å². The number of terminal acetylenes is 1. The van der Waals surface area contributed by atoms with E-state index in [9.17, 15) is 4.79 Å². The summed E-state index contributed by atoms with van der Waals surface area (Å²) < 4.78 is 9.59. The van der Waals surface area contributed by atoms with Crippen LogP contribution < -0.4 is 10.1 Å². The van der Waals surface area contributed by atoms with Gasteiger partial charge in [-0.15, -0.1) is 6.42 Å². The number of methoxy groups -OCH3 is 1. The minimum absolute atomic E-state index is 0.108. The molecule has 0 spiro atoms. The smallest absolute Gasteiger partial charge is 0.412 e. The van der Waals surface area contributed by atoms with E-state index in [-0.39, 0.29) is 16.7 Å². The highest BCUT2D eigenvalue weighted by molar-refractivity contribution is 6.37. The van der Waals surface area contributed by atoms with Crippen LogP contribution in [0.1, 0.15) is 0 Å². The van der Waals surface area contributed by atoms with Crippen LogP contribution in [-0.4, -0.2) is 19.8 Å². The number of anilines is 1. The first kappa shape index (κ1) is 13.5. The van der Waals surface area contributed by atoms with Crippen LogP contribution in [0.5, 0.6) is 5.75 Å². The van der Waals surface area contributed by atoms with Crippen molar-refractivity contribution < 1.29 is 14.3 Å². The van der Waals surface area contributed by atoms with Crippen LogP contribution in [0.4, 0.5) is 10.5 Å². The normalized spacial score (nSPS) is 9.29. The molecule has 0 aromatic heterocycles. The van der Waals surface area contributed by atoms with E-state index in [0.717, 1.165) is 0 Å². The van der Waals surface area contributed by atoms with E-state index in [4.69, 9.17) is 34.4 Å². The number of carbonyl (C=O) groups excluding carboxylic acids is 1. The molecule has 17 heavy (non-hydrogen) atoms. The van der Waals surface area contributed by atoms with Crippen molar-refractivity contribution in [1.29, 1.82) is 0 Å². The molecule has 0 radical (unpaired) electrons. The lowest BCUT2D eigenvalue weighted by molar-refractivity contribution is 0.176. The van der Waals surface area contributed by atoms with Crippen molar-refractivity contribution in [2.75, 3.05) is 19.0 Å². The quantitative estimate of drug-likeness (QED) is 0.861. The standard InChI is InChI=1S/C11H9Cl2NO3/c1-3-4-17-11(15)14-7-5-8(12)10(16-2)9(13)6-7/h1,5-6H,4H2,2H3,(H,14,15). The highest BCUT2D eigenvalue weighted by Crippen LogP contribution is 2.35. The van der Waals surface area contributed by atoms with E-state index in [2.05, 4.69) is 16.0 Å². The van der Waals surface area contributed by atoms with E-state index in [1.54, 1.807) is 0 Å². The molecule has 1 rings (SSSR count). The van der Waals surface area contributed by atoms with Gasteiger partial charge in [0.15, 0.2) is 12.4 Å². The van der Waals surface area contributed by atoms with Crippen LogP contribution in [0.25, 0.3) is 0 Å². The molecule has 1 aromatic rings. The lowest BCUT2D eigenvalue weighted by atomic mass is 10.3. The maximum absolute atomic E-state index is 11.2. The van der Waals surface area contributed by atoms with Gasteiger partial charge in [-0.05, 0) is 12.1 Å². The largest absolute Gasteiger partial charge is 0.494 e. The molecular weight excluding hydrogens is 265 g/mol. The van der Waals surface area contributed by atoms with Crippen LogP contribution in [0, 0.1) is 12.3 Å². The van der Waals surface area contributed by atoms with Crippen molar-refractivity contribution >= 4 is 35.0 Å². The third-order valence-corrected chi connectivity index (χ3v) is 2.30. The molecule has 1 aromatic carbocycles. The number of carbonyl (C=O) groups is 1.